The Labute approximate surface area is 239 Å². The zero-order chi connectivity index (χ0) is 28.3. The first-order chi connectivity index (χ1) is 18.5. The molecule has 0 unspecified atom stereocenters. The van der Waals surface area contributed by atoms with Gasteiger partial charge in [0.2, 0.25) is 11.8 Å². The van der Waals surface area contributed by atoms with Crippen molar-refractivity contribution in [3.8, 4) is 11.4 Å². The predicted molar refractivity (Wildman–Crippen MR) is 158 cm³/mol. The van der Waals surface area contributed by atoms with Crippen molar-refractivity contribution in [3.05, 3.63) is 70.4 Å². The summed E-state index contributed by atoms with van der Waals surface area (Å²) >= 11 is 8.23. The number of carbonyl (C=O) groups is 2. The zero-order valence-corrected chi connectivity index (χ0v) is 24.9. The molecule has 1 aliphatic rings. The van der Waals surface area contributed by atoms with Gasteiger partial charge in [-0.1, -0.05) is 50.6 Å². The summed E-state index contributed by atoms with van der Waals surface area (Å²) in [4.78, 5) is 30.4. The molecule has 3 aromatic rings. The number of thioether (sulfide) groups is 1. The number of benzene rings is 2. The van der Waals surface area contributed by atoms with Crippen molar-refractivity contribution in [3.63, 3.8) is 0 Å². The van der Waals surface area contributed by atoms with E-state index >= 15 is 0 Å². The van der Waals surface area contributed by atoms with Gasteiger partial charge >= 0.3 is 0 Å². The van der Waals surface area contributed by atoms with Crippen LogP contribution in [0.25, 0.3) is 5.69 Å². The molecule has 2 aromatic carbocycles. The molecule has 0 bridgehead atoms. The number of ether oxygens (including phenoxy) is 1. The van der Waals surface area contributed by atoms with Gasteiger partial charge in [0.25, 0.3) is 0 Å². The maximum atomic E-state index is 13.7. The molecule has 0 aliphatic carbocycles. The number of methoxy groups -OCH3 is 1. The average Bonchev–Trinajstić information content (AvgIpc) is 3.23. The van der Waals surface area contributed by atoms with Gasteiger partial charge in [-0.25, -0.2) is 4.68 Å². The second-order valence-electron chi connectivity index (χ2n) is 10.8. The van der Waals surface area contributed by atoms with Crippen molar-refractivity contribution in [2.24, 2.45) is 0 Å². The van der Waals surface area contributed by atoms with Crippen LogP contribution in [0.15, 0.2) is 48.5 Å². The molecule has 1 N–H and O–H groups in total. The van der Waals surface area contributed by atoms with Gasteiger partial charge in [0.1, 0.15) is 18.1 Å². The Morgan fingerprint density at radius 2 is 1.87 bits per heavy atom. The molecule has 0 radical (unpaired) electrons. The summed E-state index contributed by atoms with van der Waals surface area (Å²) in [6.45, 7) is 7.39. The summed E-state index contributed by atoms with van der Waals surface area (Å²) in [5.74, 6) is 1.12. The second kappa shape index (κ2) is 12.0. The highest BCUT2D eigenvalue weighted by molar-refractivity contribution is 8.00. The van der Waals surface area contributed by atoms with Crippen molar-refractivity contribution in [1.82, 2.24) is 20.0 Å². The van der Waals surface area contributed by atoms with E-state index in [2.05, 4.69) is 26.1 Å². The van der Waals surface area contributed by atoms with E-state index in [9.17, 15) is 9.59 Å². The third kappa shape index (κ3) is 6.42. The maximum absolute atomic E-state index is 13.7. The van der Waals surface area contributed by atoms with Gasteiger partial charge in [0.15, 0.2) is 0 Å². The first-order valence-electron chi connectivity index (χ1n) is 12.9. The van der Waals surface area contributed by atoms with E-state index < -0.39 is 0 Å². The molecule has 2 amide bonds. The molecule has 10 heteroatoms. The number of rotatable bonds is 8. The molecule has 0 fully saturated rings. The summed E-state index contributed by atoms with van der Waals surface area (Å²) in [6.07, 6.45) is 0. The SMILES string of the molecule is COc1ccc(-n2nc(C(C)(C)C)c3c2N(CC(=O)NCCN(C)C)C(=O)CS[C@@H]3c2ccccc2Cl)cc1. The Morgan fingerprint density at radius 3 is 2.49 bits per heavy atom. The van der Waals surface area contributed by atoms with Crippen LogP contribution in [0.1, 0.15) is 42.8 Å². The van der Waals surface area contributed by atoms with E-state index in [0.717, 1.165) is 22.5 Å². The number of hydrogen-bond donors (Lipinski definition) is 1. The van der Waals surface area contributed by atoms with Gasteiger partial charge in [-0.05, 0) is 50.0 Å². The minimum Gasteiger partial charge on any atom is -0.497 e. The standard InChI is InChI=1S/C29H36ClN5O3S/c1-29(2,3)27-25-26(21-9-7-8-10-22(21)30)39-18-24(37)34(17-23(36)31-15-16-33(4)5)28(25)35(32-27)19-11-13-20(38-6)14-12-19/h7-14,26H,15-18H2,1-6H3,(H,31,36)/t26-/m1/s1. The molecular formula is C29H36ClN5O3S. The molecule has 39 heavy (non-hydrogen) atoms. The summed E-state index contributed by atoms with van der Waals surface area (Å²) in [5.41, 5.74) is 3.06. The smallest absolute Gasteiger partial charge is 0.240 e. The van der Waals surface area contributed by atoms with Crippen LogP contribution in [0.3, 0.4) is 0 Å². The van der Waals surface area contributed by atoms with E-state index in [4.69, 9.17) is 21.4 Å². The van der Waals surface area contributed by atoms with Crippen LogP contribution >= 0.6 is 23.4 Å². The van der Waals surface area contributed by atoms with Crippen LogP contribution in [0.2, 0.25) is 5.02 Å². The zero-order valence-electron chi connectivity index (χ0n) is 23.3. The first kappa shape index (κ1) is 29.0. The molecular weight excluding hydrogens is 534 g/mol. The van der Waals surface area contributed by atoms with Crippen LogP contribution in [0, 0.1) is 0 Å². The topological polar surface area (TPSA) is 79.7 Å². The monoisotopic (exact) mass is 569 g/mol. The lowest BCUT2D eigenvalue weighted by molar-refractivity contribution is -0.122. The van der Waals surface area contributed by atoms with Crippen LogP contribution in [0.5, 0.6) is 5.75 Å². The van der Waals surface area contributed by atoms with Gasteiger partial charge in [0, 0.05) is 29.1 Å². The Kier molecular flexibility index (Phi) is 8.93. The second-order valence-corrected chi connectivity index (χ2v) is 12.3. The molecule has 1 aliphatic heterocycles. The quantitative estimate of drug-likeness (QED) is 0.424. The van der Waals surface area contributed by atoms with Crippen LogP contribution in [-0.4, -0.2) is 73.1 Å². The van der Waals surface area contributed by atoms with Crippen LogP contribution in [0.4, 0.5) is 5.82 Å². The van der Waals surface area contributed by atoms with Crippen LogP contribution in [-0.2, 0) is 15.0 Å². The molecule has 1 atom stereocenters. The van der Waals surface area contributed by atoms with Gasteiger partial charge in [-0.15, -0.1) is 11.8 Å². The molecule has 0 saturated heterocycles. The normalized spacial score (nSPS) is 15.7. The fourth-order valence-electron chi connectivity index (χ4n) is 4.53. The minimum atomic E-state index is -0.352. The largest absolute Gasteiger partial charge is 0.497 e. The van der Waals surface area contributed by atoms with Crippen molar-refractivity contribution in [2.45, 2.75) is 31.4 Å². The molecule has 208 valence electrons. The number of carbonyl (C=O) groups excluding carboxylic acids is 2. The fourth-order valence-corrected chi connectivity index (χ4v) is 6.07. The van der Waals surface area contributed by atoms with E-state index in [-0.39, 0.29) is 34.8 Å². The maximum Gasteiger partial charge on any atom is 0.240 e. The molecule has 1 aromatic heterocycles. The lowest BCUT2D eigenvalue weighted by Crippen LogP contribution is -2.43. The van der Waals surface area contributed by atoms with Crippen molar-refractivity contribution < 1.29 is 14.3 Å². The van der Waals surface area contributed by atoms with E-state index in [0.29, 0.717) is 29.7 Å². The summed E-state index contributed by atoms with van der Waals surface area (Å²) in [6, 6.07) is 15.2. The molecule has 8 nitrogen and oxygen atoms in total. The van der Waals surface area contributed by atoms with Crippen molar-refractivity contribution in [1.29, 1.82) is 0 Å². The summed E-state index contributed by atoms with van der Waals surface area (Å²) in [7, 11) is 5.52. The lowest BCUT2D eigenvalue weighted by atomic mass is 9.87. The number of halogens is 1. The predicted octanol–water partition coefficient (Wildman–Crippen LogP) is 4.68. The van der Waals surface area contributed by atoms with Gasteiger partial charge in [-0.3, -0.25) is 14.5 Å². The number of aromatic nitrogens is 2. The number of likely N-dealkylation sites (N-methyl/N-ethyl adjacent to an activating group) is 1. The van der Waals surface area contributed by atoms with Crippen LogP contribution < -0.4 is 15.0 Å². The Morgan fingerprint density at radius 1 is 1.18 bits per heavy atom. The van der Waals surface area contributed by atoms with Gasteiger partial charge < -0.3 is 15.0 Å². The molecule has 2 heterocycles. The van der Waals surface area contributed by atoms with E-state index in [1.54, 1.807) is 16.7 Å². The Bertz CT molecular complexity index is 1330. The highest BCUT2D eigenvalue weighted by Crippen LogP contribution is 2.49. The number of nitrogens with zero attached hydrogens (tertiary/aromatic N) is 4. The first-order valence-corrected chi connectivity index (χ1v) is 14.3. The van der Waals surface area contributed by atoms with E-state index in [1.165, 1.54) is 11.8 Å². The highest BCUT2D eigenvalue weighted by atomic mass is 35.5. The summed E-state index contributed by atoms with van der Waals surface area (Å²) in [5, 5.41) is 8.42. The third-order valence-corrected chi connectivity index (χ3v) is 8.07. The Hall–Kier alpha value is -3.01. The number of hydrogen-bond acceptors (Lipinski definition) is 6. The van der Waals surface area contributed by atoms with Gasteiger partial charge in [0.05, 0.1) is 29.5 Å². The van der Waals surface area contributed by atoms with Crippen molar-refractivity contribution >= 4 is 41.0 Å². The highest BCUT2D eigenvalue weighted by Gasteiger charge is 2.40. The lowest BCUT2D eigenvalue weighted by Gasteiger charge is -2.25. The number of anilines is 1. The van der Waals surface area contributed by atoms with E-state index in [1.807, 2.05) is 67.5 Å². The number of amides is 2. The van der Waals surface area contributed by atoms with Crippen molar-refractivity contribution in [2.75, 3.05) is 51.5 Å². The number of nitrogens with one attached hydrogen (secondary N) is 1. The average molecular weight is 570 g/mol. The Balaban J connectivity index is 1.93. The number of fused-ring (bicyclic) bond motifs is 1. The minimum absolute atomic E-state index is 0.111. The fraction of sp³-hybridized carbons (Fsp3) is 0.414. The van der Waals surface area contributed by atoms with Gasteiger partial charge in [-0.2, -0.15) is 5.10 Å². The molecule has 0 saturated carbocycles. The molecule has 4 rings (SSSR count). The third-order valence-electron chi connectivity index (χ3n) is 6.49. The molecule has 0 spiro atoms. The summed E-state index contributed by atoms with van der Waals surface area (Å²) < 4.78 is 7.15.